The van der Waals surface area contributed by atoms with E-state index in [1.54, 1.807) is 10.9 Å². The van der Waals surface area contributed by atoms with Crippen molar-refractivity contribution < 1.29 is 18.6 Å². The first-order valence-corrected chi connectivity index (χ1v) is 11.0. The molecule has 0 aromatic heterocycles. The highest BCUT2D eigenvalue weighted by molar-refractivity contribution is 5.99. The Morgan fingerprint density at radius 3 is 2.81 bits per heavy atom. The van der Waals surface area contributed by atoms with Gasteiger partial charge in [-0.3, -0.25) is 4.79 Å². The van der Waals surface area contributed by atoms with Crippen molar-refractivity contribution >= 4 is 24.0 Å². The quantitative estimate of drug-likeness (QED) is 0.678. The first-order chi connectivity index (χ1) is 15.0. The summed E-state index contributed by atoms with van der Waals surface area (Å²) in [5.74, 6) is -0.190. The lowest BCUT2D eigenvalue weighted by Gasteiger charge is -2.19. The minimum atomic E-state index is -0.253. The summed E-state index contributed by atoms with van der Waals surface area (Å²) in [4.78, 5) is 15.0. The first kappa shape index (κ1) is 20.1. The molecule has 160 valence electrons. The molecule has 0 bridgehead atoms. The maximum absolute atomic E-state index is 14.9. The van der Waals surface area contributed by atoms with Crippen molar-refractivity contribution in [2.45, 2.75) is 52.2 Å². The molecule has 0 N–H and O–H groups in total. The van der Waals surface area contributed by atoms with Crippen molar-refractivity contribution in [1.82, 2.24) is 4.90 Å². The van der Waals surface area contributed by atoms with Gasteiger partial charge in [-0.1, -0.05) is 4.68 Å². The lowest BCUT2D eigenvalue weighted by atomic mass is 9.91. The zero-order valence-electron chi connectivity index (χ0n) is 18.0. The molecule has 5 rings (SSSR count). The summed E-state index contributed by atoms with van der Waals surface area (Å²) < 4.78 is 22.3. The third-order valence-corrected chi connectivity index (χ3v) is 6.73. The van der Waals surface area contributed by atoms with Crippen LogP contribution in [0, 0.1) is 19.7 Å². The van der Waals surface area contributed by atoms with Gasteiger partial charge in [0.15, 0.2) is 6.21 Å². The van der Waals surface area contributed by atoms with Gasteiger partial charge < -0.3 is 9.64 Å². The lowest BCUT2D eigenvalue weighted by molar-refractivity contribution is -0.436. The largest absolute Gasteiger partial charge is 0.376 e. The van der Waals surface area contributed by atoms with Gasteiger partial charge in [0.1, 0.15) is 5.82 Å². The predicted octanol–water partition coefficient (Wildman–Crippen LogP) is 4.27. The third-order valence-electron chi connectivity index (χ3n) is 6.73. The zero-order chi connectivity index (χ0) is 21.5. The van der Waals surface area contributed by atoms with Gasteiger partial charge in [-0.05, 0) is 71.7 Å². The monoisotopic (exact) mass is 420 g/mol. The number of fused-ring (bicyclic) bond motifs is 1. The number of ether oxygens (including phenoxy) is 1. The molecule has 6 heteroatoms. The van der Waals surface area contributed by atoms with Crippen LogP contribution in [0.25, 0.3) is 0 Å². The summed E-state index contributed by atoms with van der Waals surface area (Å²) >= 11 is 0. The highest BCUT2D eigenvalue weighted by Crippen LogP contribution is 2.32. The summed E-state index contributed by atoms with van der Waals surface area (Å²) in [7, 11) is 0. The minimum Gasteiger partial charge on any atom is -0.376 e. The second-order valence-corrected chi connectivity index (χ2v) is 8.65. The third kappa shape index (κ3) is 3.69. The summed E-state index contributed by atoms with van der Waals surface area (Å²) in [5, 5.41) is 4.21. The number of hydrogen-bond donors (Lipinski definition) is 0. The van der Waals surface area contributed by atoms with E-state index in [-0.39, 0.29) is 17.8 Å². The van der Waals surface area contributed by atoms with E-state index in [1.165, 1.54) is 6.07 Å². The van der Waals surface area contributed by atoms with Crippen molar-refractivity contribution in [3.05, 3.63) is 63.5 Å². The maximum Gasteiger partial charge on any atom is 0.254 e. The SMILES string of the molecule is Cc1c(Cc2ccc([N+]3=CCC=N3)cc2F)cc2c(c1C)CN(C[C@@H]1CCCO1)C2=O. The summed E-state index contributed by atoms with van der Waals surface area (Å²) in [6.07, 6.45) is 7.14. The van der Waals surface area contributed by atoms with E-state index in [2.05, 4.69) is 18.9 Å². The highest BCUT2D eigenvalue weighted by Gasteiger charge is 2.32. The molecular weight excluding hydrogens is 393 g/mol. The van der Waals surface area contributed by atoms with E-state index in [9.17, 15) is 9.18 Å². The molecule has 2 aromatic carbocycles. The molecule has 3 aliphatic heterocycles. The Morgan fingerprint density at radius 1 is 1.23 bits per heavy atom. The molecule has 1 atom stereocenters. The summed E-state index contributed by atoms with van der Waals surface area (Å²) in [6, 6.07) is 7.21. The first-order valence-electron chi connectivity index (χ1n) is 11.0. The van der Waals surface area contributed by atoms with Crippen LogP contribution in [0.15, 0.2) is 29.4 Å². The number of hydrazone groups is 1. The van der Waals surface area contributed by atoms with E-state index >= 15 is 0 Å². The van der Waals surface area contributed by atoms with Crippen LogP contribution in [0.5, 0.6) is 0 Å². The van der Waals surface area contributed by atoms with Gasteiger partial charge in [0, 0.05) is 43.8 Å². The Balaban J connectivity index is 1.40. The van der Waals surface area contributed by atoms with Crippen LogP contribution in [0.2, 0.25) is 0 Å². The number of nitrogens with zero attached hydrogens (tertiary/aromatic N) is 3. The molecule has 3 heterocycles. The van der Waals surface area contributed by atoms with Crippen molar-refractivity contribution in [1.29, 1.82) is 0 Å². The number of carbonyl (C=O) groups is 1. The molecule has 3 aliphatic rings. The minimum absolute atomic E-state index is 0.0631. The molecular formula is C25H27FN3O2+. The molecule has 0 spiro atoms. The number of rotatable bonds is 5. The average molecular weight is 421 g/mol. The molecule has 1 amide bonds. The van der Waals surface area contributed by atoms with Crippen LogP contribution in [0.3, 0.4) is 0 Å². The molecule has 0 radical (unpaired) electrons. The molecule has 0 aliphatic carbocycles. The Morgan fingerprint density at radius 2 is 2.10 bits per heavy atom. The molecule has 2 aromatic rings. The van der Waals surface area contributed by atoms with Gasteiger partial charge in [-0.15, -0.1) is 0 Å². The van der Waals surface area contributed by atoms with Crippen LogP contribution in [0.1, 0.15) is 57.4 Å². The van der Waals surface area contributed by atoms with Gasteiger partial charge in [0.2, 0.25) is 5.69 Å². The Bertz CT molecular complexity index is 1120. The lowest BCUT2D eigenvalue weighted by Crippen LogP contribution is -2.32. The van der Waals surface area contributed by atoms with Crippen molar-refractivity contribution in [3.8, 4) is 0 Å². The van der Waals surface area contributed by atoms with E-state index in [4.69, 9.17) is 4.74 Å². The fourth-order valence-electron chi connectivity index (χ4n) is 4.76. The Hall–Kier alpha value is -2.86. The standard InChI is InChI=1S/C25H27FN3O2/c1-16-17(2)23-15-28(14-21-5-3-10-31-21)25(30)22(23)12-19(16)11-18-6-7-20(13-24(18)26)29-9-4-8-27-29/h6-9,12-13,21H,3-5,10-11,14-15H2,1-2H3/q+1/t21-/m0/s1. The molecule has 0 saturated carbocycles. The van der Waals surface area contributed by atoms with E-state index in [0.717, 1.165) is 59.4 Å². The van der Waals surface area contributed by atoms with Crippen LogP contribution < -0.4 is 0 Å². The van der Waals surface area contributed by atoms with Crippen LogP contribution in [-0.2, 0) is 17.7 Å². The number of amides is 1. The predicted molar refractivity (Wildman–Crippen MR) is 118 cm³/mol. The van der Waals surface area contributed by atoms with E-state index in [1.807, 2.05) is 29.3 Å². The average Bonchev–Trinajstić information content (AvgIpc) is 3.52. The molecule has 1 fully saturated rings. The van der Waals surface area contributed by atoms with Gasteiger partial charge in [0.05, 0.1) is 18.7 Å². The van der Waals surface area contributed by atoms with Gasteiger partial charge in [0.25, 0.3) is 5.91 Å². The van der Waals surface area contributed by atoms with E-state index in [0.29, 0.717) is 25.1 Å². The highest BCUT2D eigenvalue weighted by atomic mass is 19.1. The summed E-state index contributed by atoms with van der Waals surface area (Å²) in [5.41, 5.74) is 6.46. The van der Waals surface area contributed by atoms with E-state index < -0.39 is 0 Å². The molecule has 31 heavy (non-hydrogen) atoms. The summed E-state index contributed by atoms with van der Waals surface area (Å²) in [6.45, 7) is 6.21. The Kier molecular flexibility index (Phi) is 5.18. The van der Waals surface area contributed by atoms with Gasteiger partial charge in [-0.25, -0.2) is 4.39 Å². The van der Waals surface area contributed by atoms with Crippen molar-refractivity contribution in [2.24, 2.45) is 5.10 Å². The fourth-order valence-corrected chi connectivity index (χ4v) is 4.76. The number of benzene rings is 2. The second-order valence-electron chi connectivity index (χ2n) is 8.65. The van der Waals surface area contributed by atoms with Crippen LogP contribution in [-0.4, -0.2) is 47.2 Å². The second kappa shape index (κ2) is 8.00. The van der Waals surface area contributed by atoms with Gasteiger partial charge in [-0.2, -0.15) is 0 Å². The molecule has 5 nitrogen and oxygen atoms in total. The topological polar surface area (TPSA) is 44.9 Å². The maximum atomic E-state index is 14.9. The van der Waals surface area contributed by atoms with Crippen molar-refractivity contribution in [2.75, 3.05) is 13.2 Å². The fraction of sp³-hybridized carbons (Fsp3) is 0.400. The van der Waals surface area contributed by atoms with Crippen LogP contribution in [0.4, 0.5) is 10.1 Å². The molecule has 1 saturated heterocycles. The Labute approximate surface area is 181 Å². The van der Waals surface area contributed by atoms with Gasteiger partial charge >= 0.3 is 0 Å². The molecule has 0 unspecified atom stereocenters. The zero-order valence-corrected chi connectivity index (χ0v) is 18.0. The van der Waals surface area contributed by atoms with Crippen molar-refractivity contribution in [3.63, 3.8) is 0 Å². The normalized spacial score (nSPS) is 20.0. The number of carbonyl (C=O) groups excluding carboxylic acids is 1. The number of hydrogen-bond acceptors (Lipinski definition) is 3. The smallest absolute Gasteiger partial charge is 0.254 e. The number of halogens is 1. The van der Waals surface area contributed by atoms with Crippen LogP contribution >= 0.6 is 0 Å².